The first-order chi connectivity index (χ1) is 10.9. The Bertz CT molecular complexity index is 617. The average molecular weight is 478 g/mol. The number of hydrogen-bond acceptors (Lipinski definition) is 12. The molecular formula is C6H17CaO16P3. The molecule has 0 aromatic rings. The van der Waals surface area contributed by atoms with E-state index in [1.54, 1.807) is 0 Å². The maximum atomic E-state index is 11.6. The van der Waals surface area contributed by atoms with Crippen LogP contribution in [-0.4, -0.2) is 124 Å². The number of aliphatic hydroxyl groups is 6. The molecule has 0 radical (unpaired) electrons. The Balaban J connectivity index is 0.00000625. The fourth-order valence-corrected chi connectivity index (χ4v) is 5.05. The van der Waals surface area contributed by atoms with E-state index in [4.69, 9.17) is 14.7 Å². The minimum atomic E-state index is -6.04. The van der Waals surface area contributed by atoms with Crippen LogP contribution in [-0.2, 0) is 26.8 Å². The summed E-state index contributed by atoms with van der Waals surface area (Å²) in [4.78, 5) is 34.9. The molecule has 0 bridgehead atoms. The van der Waals surface area contributed by atoms with Crippen molar-refractivity contribution in [3.8, 4) is 0 Å². The molecule has 0 spiro atoms. The molecule has 20 heteroatoms. The van der Waals surface area contributed by atoms with Crippen molar-refractivity contribution in [2.75, 3.05) is 0 Å². The number of hydrogen-bond donors (Lipinski definition) is 10. The molecule has 154 valence electrons. The van der Waals surface area contributed by atoms with E-state index in [1.165, 1.54) is 0 Å². The Hall–Kier alpha value is 1.43. The molecule has 10 N–H and O–H groups in total. The van der Waals surface area contributed by atoms with Gasteiger partial charge in [-0.05, 0) is 0 Å². The van der Waals surface area contributed by atoms with Gasteiger partial charge in [-0.3, -0.25) is 0 Å². The van der Waals surface area contributed by atoms with Crippen LogP contribution >= 0.6 is 23.5 Å². The summed E-state index contributed by atoms with van der Waals surface area (Å²) < 4.78 is 43.8. The standard InChI is InChI=1S/C6H15O16P3.Ca.2H/c7-1-2(8)4(10)6(12,5(11)3(1)9)20-24(16,17)22-25(18,19)21-23(13,14)15;;;/h1-5,7-12H,(H,16,17)(H,18,19)(H2,13,14,15);;;/t1-,2-,3+,4-,5-,6-;;;/m1.../s1. The van der Waals surface area contributed by atoms with Gasteiger partial charge in [0.1, 0.15) is 30.5 Å². The van der Waals surface area contributed by atoms with Gasteiger partial charge in [-0.25, -0.2) is 18.2 Å². The van der Waals surface area contributed by atoms with E-state index in [1.807, 2.05) is 0 Å². The molecular weight excluding hydrogens is 461 g/mol. The van der Waals surface area contributed by atoms with Gasteiger partial charge < -0.3 is 50.2 Å². The Morgan fingerprint density at radius 2 is 1.08 bits per heavy atom. The second-order valence-electron chi connectivity index (χ2n) is 4.80. The van der Waals surface area contributed by atoms with E-state index in [0.29, 0.717) is 0 Å². The molecule has 1 saturated carbocycles. The second-order valence-corrected chi connectivity index (χ2v) is 9.14. The van der Waals surface area contributed by atoms with Crippen molar-refractivity contribution >= 4 is 61.2 Å². The average Bonchev–Trinajstić information content (AvgIpc) is 2.36. The molecule has 1 fully saturated rings. The van der Waals surface area contributed by atoms with Crippen molar-refractivity contribution in [1.29, 1.82) is 0 Å². The van der Waals surface area contributed by atoms with E-state index < -0.39 is 59.8 Å². The zero-order valence-electron chi connectivity index (χ0n) is 11.7. The van der Waals surface area contributed by atoms with Crippen LogP contribution in [0.2, 0.25) is 0 Å². The Labute approximate surface area is 174 Å². The zero-order chi connectivity index (χ0) is 20.0. The Morgan fingerprint density at radius 1 is 0.692 bits per heavy atom. The monoisotopic (exact) mass is 478 g/mol. The molecule has 0 aromatic heterocycles. The van der Waals surface area contributed by atoms with Crippen LogP contribution in [0.3, 0.4) is 0 Å². The van der Waals surface area contributed by atoms with Crippen LogP contribution in [0.1, 0.15) is 0 Å². The summed E-state index contributed by atoms with van der Waals surface area (Å²) in [7, 11) is -17.7. The summed E-state index contributed by atoms with van der Waals surface area (Å²) in [5.41, 5.74) is 0. The molecule has 26 heavy (non-hydrogen) atoms. The van der Waals surface area contributed by atoms with Crippen molar-refractivity contribution in [2.24, 2.45) is 0 Å². The van der Waals surface area contributed by atoms with E-state index in [0.717, 1.165) is 0 Å². The second kappa shape index (κ2) is 9.06. The van der Waals surface area contributed by atoms with Crippen molar-refractivity contribution in [3.63, 3.8) is 0 Å². The summed E-state index contributed by atoms with van der Waals surface area (Å²) in [5, 5.41) is 57.1. The number of phosphoric ester groups is 1. The van der Waals surface area contributed by atoms with Crippen LogP contribution < -0.4 is 0 Å². The van der Waals surface area contributed by atoms with Gasteiger partial charge in [0.15, 0.2) is 0 Å². The molecule has 1 aliphatic carbocycles. The molecule has 8 atom stereocenters. The molecule has 1 aliphatic rings. The molecule has 1 rings (SSSR count). The van der Waals surface area contributed by atoms with E-state index in [-0.39, 0.29) is 37.7 Å². The first kappa shape index (κ1) is 27.4. The quantitative estimate of drug-likeness (QED) is 0.0970. The maximum absolute atomic E-state index is 11.6. The van der Waals surface area contributed by atoms with Crippen molar-refractivity contribution in [3.05, 3.63) is 0 Å². The SMILES string of the molecule is O=P(O)(O)OP(=O)(O)OP(=O)(O)O[C@]1(O)[C@H](O)[C@H](O)[C@@H](O)[C@H](O)[C@H]1O.[CaH2]. The first-order valence-corrected chi connectivity index (χ1v) is 10.4. The van der Waals surface area contributed by atoms with Gasteiger partial charge in [0.2, 0.25) is 5.79 Å². The van der Waals surface area contributed by atoms with Gasteiger partial charge >= 0.3 is 61.2 Å². The third kappa shape index (κ3) is 6.75. The molecule has 0 saturated heterocycles. The zero-order valence-corrected chi connectivity index (χ0v) is 14.3. The first-order valence-electron chi connectivity index (χ1n) is 5.89. The van der Waals surface area contributed by atoms with Gasteiger partial charge in [0.05, 0.1) is 0 Å². The summed E-state index contributed by atoms with van der Waals surface area (Å²) in [6, 6.07) is 0. The molecule has 2 unspecified atom stereocenters. The molecule has 0 heterocycles. The third-order valence-electron chi connectivity index (χ3n) is 2.87. The third-order valence-corrected chi connectivity index (χ3v) is 6.72. The van der Waals surface area contributed by atoms with E-state index in [9.17, 15) is 49.2 Å². The fourth-order valence-electron chi connectivity index (χ4n) is 1.83. The summed E-state index contributed by atoms with van der Waals surface area (Å²) in [6.07, 6.45) is -12.6. The van der Waals surface area contributed by atoms with Gasteiger partial charge in [-0.2, -0.15) is 8.62 Å². The summed E-state index contributed by atoms with van der Waals surface area (Å²) in [5.74, 6) is -3.72. The van der Waals surface area contributed by atoms with Gasteiger partial charge in [0, 0.05) is 0 Å². The fraction of sp³-hybridized carbons (Fsp3) is 1.00. The number of aliphatic hydroxyl groups excluding tert-OH is 5. The molecule has 0 aliphatic heterocycles. The van der Waals surface area contributed by atoms with Crippen molar-refractivity contribution in [2.45, 2.75) is 36.3 Å². The molecule has 16 nitrogen and oxygen atoms in total. The van der Waals surface area contributed by atoms with E-state index >= 15 is 0 Å². The Morgan fingerprint density at radius 3 is 1.42 bits per heavy atom. The van der Waals surface area contributed by atoms with Crippen molar-refractivity contribution in [1.82, 2.24) is 0 Å². The van der Waals surface area contributed by atoms with Gasteiger partial charge in [-0.1, -0.05) is 0 Å². The number of rotatable bonds is 6. The van der Waals surface area contributed by atoms with Crippen LogP contribution in [0.5, 0.6) is 0 Å². The van der Waals surface area contributed by atoms with Crippen LogP contribution in [0.25, 0.3) is 0 Å². The normalized spacial score (nSPS) is 40.2. The predicted molar refractivity (Wildman–Crippen MR) is 78.5 cm³/mol. The van der Waals surface area contributed by atoms with Crippen molar-refractivity contribution < 1.29 is 77.1 Å². The summed E-state index contributed by atoms with van der Waals surface area (Å²) >= 11 is 0. The summed E-state index contributed by atoms with van der Waals surface area (Å²) in [6.45, 7) is 0. The van der Waals surface area contributed by atoms with Crippen LogP contribution in [0.15, 0.2) is 0 Å². The van der Waals surface area contributed by atoms with Gasteiger partial charge in [-0.15, -0.1) is 0 Å². The van der Waals surface area contributed by atoms with E-state index in [2.05, 4.69) is 13.1 Å². The predicted octanol–water partition coefficient (Wildman–Crippen LogP) is -5.08. The van der Waals surface area contributed by atoms with Gasteiger partial charge in [0.25, 0.3) is 0 Å². The number of phosphoric acid groups is 3. The van der Waals surface area contributed by atoms with Crippen LogP contribution in [0, 0.1) is 0 Å². The molecule has 0 aromatic carbocycles. The topological polar surface area (TPSA) is 281 Å². The molecule has 0 amide bonds. The Kier molecular flexibility index (Phi) is 9.56. The minimum absolute atomic E-state index is 0. The van der Waals surface area contributed by atoms with Crippen LogP contribution in [0.4, 0.5) is 0 Å².